The van der Waals surface area contributed by atoms with Crippen LogP contribution in [0, 0.1) is 6.92 Å². The molecule has 4 rings (SSSR count). The largest absolute Gasteiger partial charge is 0.493 e. The topological polar surface area (TPSA) is 90.7 Å². The maximum absolute atomic E-state index is 12.9. The molecule has 37 heavy (non-hydrogen) atoms. The fourth-order valence-corrected chi connectivity index (χ4v) is 4.13. The number of rotatable bonds is 13. The van der Waals surface area contributed by atoms with E-state index in [0.717, 1.165) is 40.6 Å². The molecule has 192 valence electrons. The molecule has 0 aliphatic rings. The Bertz CT molecular complexity index is 1370. The van der Waals surface area contributed by atoms with Crippen molar-refractivity contribution in [2.45, 2.75) is 39.7 Å². The molecule has 1 aromatic heterocycles. The Morgan fingerprint density at radius 2 is 1.70 bits per heavy atom. The second-order valence-corrected chi connectivity index (χ2v) is 9.04. The van der Waals surface area contributed by atoms with Crippen molar-refractivity contribution in [1.82, 2.24) is 9.78 Å². The highest BCUT2D eigenvalue weighted by molar-refractivity contribution is 6.09. The van der Waals surface area contributed by atoms with Crippen molar-refractivity contribution in [1.29, 1.82) is 0 Å². The minimum atomic E-state index is -0.500. The smallest absolute Gasteiger partial charge is 0.193 e. The predicted molar refractivity (Wildman–Crippen MR) is 142 cm³/mol. The van der Waals surface area contributed by atoms with Crippen LogP contribution in [0.3, 0.4) is 0 Å². The van der Waals surface area contributed by atoms with Gasteiger partial charge in [-0.15, -0.1) is 0 Å². The summed E-state index contributed by atoms with van der Waals surface area (Å²) in [7, 11) is 0. The monoisotopic (exact) mass is 500 g/mol. The molecular weight excluding hydrogens is 468 g/mol. The highest BCUT2D eigenvalue weighted by atomic mass is 16.5. The highest BCUT2D eigenvalue weighted by Crippen LogP contribution is 2.24. The Morgan fingerprint density at radius 3 is 2.46 bits per heavy atom. The van der Waals surface area contributed by atoms with Crippen LogP contribution in [-0.4, -0.2) is 46.3 Å². The Kier molecular flexibility index (Phi) is 8.69. The Hall–Kier alpha value is -3.97. The number of aromatic nitrogens is 2. The van der Waals surface area contributed by atoms with Crippen LogP contribution >= 0.6 is 0 Å². The van der Waals surface area contributed by atoms with Gasteiger partial charge in [-0.2, -0.15) is 5.10 Å². The number of aliphatic hydroxyl groups excluding tert-OH is 1. The number of ether oxygens (including phenoxy) is 2. The molecule has 4 aromatic rings. The first-order chi connectivity index (χ1) is 18.0. The standard InChI is InChI=1S/C30H32N2O5/c1-3-5-23-16-24(30(35)22-8-6-21(2)7-9-22)10-13-29(23)37-15-4-14-36-27-11-12-28-25(17-27)18-31-32(28)19-26(34)20-33/h6-13,16-18,33H,3-5,14-15,19-20H2,1-2H3. The fraction of sp³-hybridized carbons (Fsp3) is 0.300. The molecule has 0 atom stereocenters. The Labute approximate surface area is 216 Å². The van der Waals surface area contributed by atoms with E-state index in [2.05, 4.69) is 12.0 Å². The van der Waals surface area contributed by atoms with Crippen molar-refractivity contribution in [3.63, 3.8) is 0 Å². The van der Waals surface area contributed by atoms with E-state index in [4.69, 9.17) is 14.6 Å². The number of benzene rings is 3. The van der Waals surface area contributed by atoms with Crippen LogP contribution < -0.4 is 9.47 Å². The lowest BCUT2D eigenvalue weighted by Crippen LogP contribution is -2.14. The molecule has 0 fully saturated rings. The van der Waals surface area contributed by atoms with Crippen LogP contribution in [0.5, 0.6) is 11.5 Å². The predicted octanol–water partition coefficient (Wildman–Crippen LogP) is 4.94. The lowest BCUT2D eigenvalue weighted by molar-refractivity contribution is -0.122. The van der Waals surface area contributed by atoms with Gasteiger partial charge in [-0.1, -0.05) is 43.2 Å². The third kappa shape index (κ3) is 6.62. The van der Waals surface area contributed by atoms with Gasteiger partial charge in [0.25, 0.3) is 0 Å². The number of nitrogens with zero attached hydrogens (tertiary/aromatic N) is 2. The zero-order valence-electron chi connectivity index (χ0n) is 21.3. The summed E-state index contributed by atoms with van der Waals surface area (Å²) in [5.41, 5.74) is 4.32. The number of aliphatic hydroxyl groups is 1. The zero-order valence-corrected chi connectivity index (χ0v) is 21.3. The summed E-state index contributed by atoms with van der Waals surface area (Å²) in [6.45, 7) is 4.63. The van der Waals surface area contributed by atoms with Crippen LogP contribution in [0.15, 0.2) is 66.9 Å². The number of Topliss-reactive ketones (excluding diaryl/α,β-unsaturated/α-hetero) is 1. The van der Waals surface area contributed by atoms with Gasteiger partial charge in [0.15, 0.2) is 11.6 Å². The molecule has 0 aliphatic heterocycles. The lowest BCUT2D eigenvalue weighted by Gasteiger charge is -2.13. The number of carbonyl (C=O) groups excluding carboxylic acids is 2. The number of carbonyl (C=O) groups is 2. The molecule has 0 bridgehead atoms. The molecule has 1 heterocycles. The number of aryl methyl sites for hydroxylation is 2. The van der Waals surface area contributed by atoms with Crippen LogP contribution in [0.25, 0.3) is 10.9 Å². The SMILES string of the molecule is CCCc1cc(C(=O)c2ccc(C)cc2)ccc1OCCCOc1ccc2c(cnn2CC(=O)CO)c1. The normalized spacial score (nSPS) is 11.0. The van der Waals surface area contributed by atoms with Crippen LogP contribution in [0.4, 0.5) is 0 Å². The summed E-state index contributed by atoms with van der Waals surface area (Å²) >= 11 is 0. The summed E-state index contributed by atoms with van der Waals surface area (Å²) in [5.74, 6) is 1.24. The highest BCUT2D eigenvalue weighted by Gasteiger charge is 2.13. The van der Waals surface area contributed by atoms with Crippen molar-refractivity contribution in [3.8, 4) is 11.5 Å². The molecular formula is C30H32N2O5. The van der Waals surface area contributed by atoms with E-state index in [0.29, 0.717) is 36.5 Å². The molecule has 7 nitrogen and oxygen atoms in total. The minimum absolute atomic E-state index is 0.0137. The molecule has 1 N–H and O–H groups in total. The average Bonchev–Trinajstić information content (AvgIpc) is 3.31. The number of fused-ring (bicyclic) bond motifs is 1. The summed E-state index contributed by atoms with van der Waals surface area (Å²) in [6.07, 6.45) is 4.16. The van der Waals surface area contributed by atoms with Crippen molar-refractivity contribution < 1.29 is 24.2 Å². The van der Waals surface area contributed by atoms with E-state index in [1.54, 1.807) is 10.9 Å². The first-order valence-corrected chi connectivity index (χ1v) is 12.6. The second-order valence-electron chi connectivity index (χ2n) is 9.04. The quantitative estimate of drug-likeness (QED) is 0.207. The molecule has 0 spiro atoms. The Morgan fingerprint density at radius 1 is 0.946 bits per heavy atom. The third-order valence-corrected chi connectivity index (χ3v) is 6.09. The number of ketones is 2. The third-order valence-electron chi connectivity index (χ3n) is 6.09. The van der Waals surface area contributed by atoms with E-state index in [1.165, 1.54) is 0 Å². The molecule has 0 saturated heterocycles. The van der Waals surface area contributed by atoms with Crippen molar-refractivity contribution >= 4 is 22.5 Å². The van der Waals surface area contributed by atoms with Gasteiger partial charge >= 0.3 is 0 Å². The van der Waals surface area contributed by atoms with E-state index < -0.39 is 6.61 Å². The van der Waals surface area contributed by atoms with Gasteiger partial charge in [0.2, 0.25) is 0 Å². The van der Waals surface area contributed by atoms with Crippen LogP contribution in [-0.2, 0) is 17.8 Å². The lowest BCUT2D eigenvalue weighted by atomic mass is 9.98. The molecule has 7 heteroatoms. The fourth-order valence-electron chi connectivity index (χ4n) is 4.13. The van der Waals surface area contributed by atoms with E-state index in [1.807, 2.05) is 67.6 Å². The molecule has 0 radical (unpaired) electrons. The first-order valence-electron chi connectivity index (χ1n) is 12.6. The minimum Gasteiger partial charge on any atom is -0.493 e. The van der Waals surface area contributed by atoms with Gasteiger partial charge in [-0.25, -0.2) is 0 Å². The van der Waals surface area contributed by atoms with Crippen molar-refractivity contribution in [2.24, 2.45) is 0 Å². The number of hydrogen-bond acceptors (Lipinski definition) is 6. The van der Waals surface area contributed by atoms with Gasteiger partial charge < -0.3 is 14.6 Å². The summed E-state index contributed by atoms with van der Waals surface area (Å²) in [4.78, 5) is 24.4. The molecule has 0 amide bonds. The first kappa shape index (κ1) is 26.1. The van der Waals surface area contributed by atoms with Gasteiger partial charge in [0.05, 0.1) is 24.9 Å². The van der Waals surface area contributed by atoms with Gasteiger partial charge in [0, 0.05) is 22.9 Å². The van der Waals surface area contributed by atoms with Gasteiger partial charge in [0.1, 0.15) is 24.7 Å². The summed E-state index contributed by atoms with van der Waals surface area (Å²) in [5, 5.41) is 14.0. The van der Waals surface area contributed by atoms with E-state index in [9.17, 15) is 9.59 Å². The maximum atomic E-state index is 12.9. The summed E-state index contributed by atoms with van der Waals surface area (Å²) < 4.78 is 13.5. The molecule has 0 saturated carbocycles. The average molecular weight is 501 g/mol. The molecule has 3 aromatic carbocycles. The zero-order chi connectivity index (χ0) is 26.2. The van der Waals surface area contributed by atoms with E-state index in [-0.39, 0.29) is 18.1 Å². The van der Waals surface area contributed by atoms with Crippen molar-refractivity contribution in [2.75, 3.05) is 19.8 Å². The number of hydrogen-bond donors (Lipinski definition) is 1. The second kappa shape index (κ2) is 12.3. The molecule has 0 unspecified atom stereocenters. The Balaban J connectivity index is 1.31. The van der Waals surface area contributed by atoms with Gasteiger partial charge in [-0.3, -0.25) is 14.3 Å². The molecule has 0 aliphatic carbocycles. The van der Waals surface area contributed by atoms with E-state index >= 15 is 0 Å². The van der Waals surface area contributed by atoms with Crippen molar-refractivity contribution in [3.05, 3.63) is 89.1 Å². The van der Waals surface area contributed by atoms with Crippen LogP contribution in [0.2, 0.25) is 0 Å². The summed E-state index contributed by atoms with van der Waals surface area (Å²) in [6, 6.07) is 18.9. The van der Waals surface area contributed by atoms with Gasteiger partial charge in [-0.05, 0) is 55.3 Å². The van der Waals surface area contributed by atoms with Crippen LogP contribution in [0.1, 0.15) is 46.8 Å². The maximum Gasteiger partial charge on any atom is 0.193 e.